The van der Waals surface area contributed by atoms with Gasteiger partial charge in [-0.3, -0.25) is 0 Å². The van der Waals surface area contributed by atoms with Gasteiger partial charge in [0.15, 0.2) is 0 Å². The topological polar surface area (TPSA) is 28.9 Å². The lowest BCUT2D eigenvalue weighted by molar-refractivity contribution is -0.704. The second kappa shape index (κ2) is 5.75. The highest BCUT2D eigenvalue weighted by Crippen LogP contribution is 1.87. The summed E-state index contributed by atoms with van der Waals surface area (Å²) in [7, 11) is 0. The first-order valence-electron chi connectivity index (χ1n) is 5.02. The zero-order valence-electron chi connectivity index (χ0n) is 8.55. The summed E-state index contributed by atoms with van der Waals surface area (Å²) in [5.41, 5.74) is 0. The first kappa shape index (κ1) is 10.3. The van der Waals surface area contributed by atoms with Crippen LogP contribution in [0.25, 0.3) is 0 Å². The van der Waals surface area contributed by atoms with Crippen molar-refractivity contribution >= 4 is 0 Å². The lowest BCUT2D eigenvalue weighted by Crippen LogP contribution is -2.38. The second-order valence-electron chi connectivity index (χ2n) is 3.07. The van der Waals surface area contributed by atoms with Gasteiger partial charge >= 0.3 is 0 Å². The van der Waals surface area contributed by atoms with E-state index in [0.29, 0.717) is 0 Å². The Balaban J connectivity index is 2.27. The van der Waals surface area contributed by atoms with Gasteiger partial charge in [0.2, 0.25) is 0 Å². The molecule has 1 aromatic heterocycles. The molecule has 0 aliphatic carbocycles. The van der Waals surface area contributed by atoms with E-state index < -0.39 is 0 Å². The zero-order valence-corrected chi connectivity index (χ0v) is 8.55. The maximum Gasteiger partial charge on any atom is 0.253 e. The Kier molecular flexibility index (Phi) is 4.54. The van der Waals surface area contributed by atoms with E-state index in [1.165, 1.54) is 5.82 Å². The maximum atomic E-state index is 5.42. The molecule has 1 N–H and O–H groups in total. The molecule has 0 saturated carbocycles. The van der Waals surface area contributed by atoms with Crippen LogP contribution in [0.1, 0.15) is 26.1 Å². The van der Waals surface area contributed by atoms with Gasteiger partial charge in [-0.05, 0) is 6.42 Å². The number of imidazole rings is 1. The Hall–Kier alpha value is -0.830. The van der Waals surface area contributed by atoms with Crippen LogP contribution in [-0.4, -0.2) is 18.2 Å². The Labute approximate surface area is 79.7 Å². The van der Waals surface area contributed by atoms with Gasteiger partial charge in [-0.15, -0.1) is 0 Å². The van der Waals surface area contributed by atoms with Crippen molar-refractivity contribution in [3.8, 4) is 0 Å². The smallest absolute Gasteiger partial charge is 0.253 e. The van der Waals surface area contributed by atoms with Gasteiger partial charge in [-0.2, -0.15) is 0 Å². The van der Waals surface area contributed by atoms with Crippen LogP contribution in [0.2, 0.25) is 0 Å². The molecule has 0 aromatic carbocycles. The van der Waals surface area contributed by atoms with Crippen molar-refractivity contribution in [2.45, 2.75) is 33.2 Å². The monoisotopic (exact) mass is 183 g/mol. The lowest BCUT2D eigenvalue weighted by atomic mass is 10.4. The third kappa shape index (κ3) is 3.19. The third-order valence-corrected chi connectivity index (χ3v) is 2.01. The van der Waals surface area contributed by atoms with Crippen LogP contribution in [0.15, 0.2) is 12.4 Å². The van der Waals surface area contributed by atoms with E-state index in [2.05, 4.69) is 29.6 Å². The van der Waals surface area contributed by atoms with Gasteiger partial charge in [-0.1, -0.05) is 13.8 Å². The lowest BCUT2D eigenvalue weighted by Gasteiger charge is -2.00. The Morgan fingerprint density at radius 2 is 2.23 bits per heavy atom. The summed E-state index contributed by atoms with van der Waals surface area (Å²) >= 11 is 0. The average molecular weight is 183 g/mol. The molecule has 3 nitrogen and oxygen atoms in total. The van der Waals surface area contributed by atoms with Crippen LogP contribution >= 0.6 is 0 Å². The van der Waals surface area contributed by atoms with E-state index in [4.69, 9.17) is 4.74 Å². The normalized spacial score (nSPS) is 10.6. The van der Waals surface area contributed by atoms with E-state index in [1.807, 2.05) is 6.20 Å². The molecule has 0 amide bonds. The highest BCUT2D eigenvalue weighted by Gasteiger charge is 2.06. The third-order valence-electron chi connectivity index (χ3n) is 2.01. The number of hydrogen-bond acceptors (Lipinski definition) is 1. The number of aromatic nitrogens is 2. The molecule has 0 unspecified atom stereocenters. The quantitative estimate of drug-likeness (QED) is 0.522. The molecule has 0 fully saturated rings. The van der Waals surface area contributed by atoms with Gasteiger partial charge in [-0.25, -0.2) is 9.55 Å². The molecule has 13 heavy (non-hydrogen) atoms. The SMILES string of the molecule is CCCOCC[n+]1cc[nH]c1CC. The highest BCUT2D eigenvalue weighted by molar-refractivity contribution is 4.75. The number of nitrogens with zero attached hydrogens (tertiary/aromatic N) is 1. The van der Waals surface area contributed by atoms with Gasteiger partial charge in [0.1, 0.15) is 18.9 Å². The largest absolute Gasteiger partial charge is 0.377 e. The number of rotatable bonds is 6. The molecule has 0 aliphatic heterocycles. The molecule has 1 aromatic rings. The van der Waals surface area contributed by atoms with E-state index in [1.54, 1.807) is 0 Å². The number of ether oxygens (including phenoxy) is 1. The van der Waals surface area contributed by atoms with Crippen LogP contribution in [0, 0.1) is 0 Å². The molecule has 0 bridgehead atoms. The number of aryl methyl sites for hydroxylation is 1. The predicted molar refractivity (Wildman–Crippen MR) is 51.5 cm³/mol. The molecular weight excluding hydrogens is 164 g/mol. The fourth-order valence-electron chi connectivity index (χ4n) is 1.32. The van der Waals surface area contributed by atoms with Gasteiger partial charge in [0, 0.05) is 13.0 Å². The molecule has 3 heteroatoms. The average Bonchev–Trinajstić information content (AvgIpc) is 2.60. The van der Waals surface area contributed by atoms with Crippen molar-refractivity contribution in [2.24, 2.45) is 0 Å². The maximum absolute atomic E-state index is 5.42. The van der Waals surface area contributed by atoms with Gasteiger partial charge < -0.3 is 4.74 Å². The van der Waals surface area contributed by atoms with Crippen molar-refractivity contribution < 1.29 is 9.30 Å². The molecule has 0 radical (unpaired) electrons. The van der Waals surface area contributed by atoms with E-state index in [0.717, 1.165) is 32.6 Å². The minimum Gasteiger partial charge on any atom is -0.377 e. The summed E-state index contributed by atoms with van der Waals surface area (Å²) in [6.45, 7) is 6.90. The molecule has 74 valence electrons. The van der Waals surface area contributed by atoms with Crippen molar-refractivity contribution in [2.75, 3.05) is 13.2 Å². The van der Waals surface area contributed by atoms with Crippen LogP contribution in [-0.2, 0) is 17.7 Å². The Morgan fingerprint density at radius 1 is 1.38 bits per heavy atom. The van der Waals surface area contributed by atoms with Crippen LogP contribution < -0.4 is 4.57 Å². The summed E-state index contributed by atoms with van der Waals surface area (Å²) in [6, 6.07) is 0. The number of aromatic amines is 1. The summed E-state index contributed by atoms with van der Waals surface area (Å²) in [4.78, 5) is 3.20. The summed E-state index contributed by atoms with van der Waals surface area (Å²) in [5.74, 6) is 1.26. The van der Waals surface area contributed by atoms with E-state index >= 15 is 0 Å². The fourth-order valence-corrected chi connectivity index (χ4v) is 1.32. The predicted octanol–water partition coefficient (Wildman–Crippen LogP) is 1.29. The molecular formula is C10H19N2O+. The van der Waals surface area contributed by atoms with Crippen LogP contribution in [0.5, 0.6) is 0 Å². The zero-order chi connectivity index (χ0) is 9.52. The number of nitrogens with one attached hydrogen (secondary N) is 1. The molecule has 0 aliphatic rings. The van der Waals surface area contributed by atoms with Gasteiger partial charge in [0.05, 0.1) is 6.61 Å². The summed E-state index contributed by atoms with van der Waals surface area (Å²) in [6.07, 6.45) is 6.17. The van der Waals surface area contributed by atoms with Crippen LogP contribution in [0.3, 0.4) is 0 Å². The molecule has 0 spiro atoms. The minimum absolute atomic E-state index is 0.809. The van der Waals surface area contributed by atoms with Crippen molar-refractivity contribution in [1.82, 2.24) is 4.98 Å². The Bertz CT molecular complexity index is 233. The van der Waals surface area contributed by atoms with Gasteiger partial charge in [0.25, 0.3) is 5.82 Å². The van der Waals surface area contributed by atoms with Crippen molar-refractivity contribution in [1.29, 1.82) is 0 Å². The highest BCUT2D eigenvalue weighted by atomic mass is 16.5. The molecule has 0 saturated heterocycles. The first-order chi connectivity index (χ1) is 6.38. The van der Waals surface area contributed by atoms with Crippen molar-refractivity contribution in [3.63, 3.8) is 0 Å². The molecule has 1 rings (SSSR count). The Morgan fingerprint density at radius 3 is 2.92 bits per heavy atom. The minimum atomic E-state index is 0.809. The van der Waals surface area contributed by atoms with Crippen molar-refractivity contribution in [3.05, 3.63) is 18.2 Å². The molecule has 1 heterocycles. The van der Waals surface area contributed by atoms with Crippen LogP contribution in [0.4, 0.5) is 0 Å². The molecule has 0 atom stereocenters. The van der Waals surface area contributed by atoms with E-state index in [9.17, 15) is 0 Å². The summed E-state index contributed by atoms with van der Waals surface area (Å²) < 4.78 is 7.62. The number of H-pyrrole nitrogens is 1. The fraction of sp³-hybridized carbons (Fsp3) is 0.700. The summed E-state index contributed by atoms with van der Waals surface area (Å²) in [5, 5.41) is 0. The standard InChI is InChI=1S/C10H18N2O/c1-3-8-13-9-7-12-6-5-11-10(12)4-2/h5-6H,3-4,7-9H2,1-2H3/p+1. The second-order valence-corrected chi connectivity index (χ2v) is 3.07. The number of hydrogen-bond donors (Lipinski definition) is 1. The van der Waals surface area contributed by atoms with E-state index in [-0.39, 0.29) is 0 Å². The first-order valence-corrected chi connectivity index (χ1v) is 5.02.